The van der Waals surface area contributed by atoms with Crippen LogP contribution in [0.5, 0.6) is 0 Å². The molecule has 0 unspecified atom stereocenters. The minimum Gasteiger partial charge on any atom is -0.311 e. The zero-order chi connectivity index (χ0) is 34.0. The lowest BCUT2D eigenvalue weighted by molar-refractivity contribution is 1.28. The number of para-hydroxylation sites is 4. The molecule has 7 rings (SSSR count). The van der Waals surface area contributed by atoms with Crippen molar-refractivity contribution in [1.82, 2.24) is 0 Å². The Hall–Kier alpha value is -6.64. The fourth-order valence-corrected chi connectivity index (χ4v) is 6.08. The standard InChI is InChI=1S/C48H38N2/c1-2-41-31-26-40(24-23-38-27-33-47(34-28-38)49(43-15-7-3-8-16-43)44-17-9-4-10-18-44)37-42(41)32-25-39-29-35-48(36-30-39)50(45-19-11-5-12-20-45)46-21-13-6-14-22-46/h2-37H,1H2/b24-23+,32-25+. The third-order valence-corrected chi connectivity index (χ3v) is 8.61. The molecule has 0 aliphatic heterocycles. The van der Waals surface area contributed by atoms with E-state index in [0.29, 0.717) is 0 Å². The monoisotopic (exact) mass is 642 g/mol. The summed E-state index contributed by atoms with van der Waals surface area (Å²) in [6.07, 6.45) is 10.6. The van der Waals surface area contributed by atoms with Crippen molar-refractivity contribution >= 4 is 64.5 Å². The molecule has 2 heteroatoms. The highest BCUT2D eigenvalue weighted by molar-refractivity contribution is 5.82. The predicted octanol–water partition coefficient (Wildman–Crippen LogP) is 13.6. The molecule has 0 bridgehead atoms. The van der Waals surface area contributed by atoms with Gasteiger partial charge in [-0.3, -0.25) is 0 Å². The molecular weight excluding hydrogens is 605 g/mol. The second-order valence-electron chi connectivity index (χ2n) is 12.0. The van der Waals surface area contributed by atoms with Gasteiger partial charge in [-0.25, -0.2) is 0 Å². The summed E-state index contributed by atoms with van der Waals surface area (Å²) in [5.74, 6) is 0. The van der Waals surface area contributed by atoms with Gasteiger partial charge in [-0.1, -0.05) is 146 Å². The van der Waals surface area contributed by atoms with E-state index in [4.69, 9.17) is 0 Å². The molecule has 50 heavy (non-hydrogen) atoms. The van der Waals surface area contributed by atoms with Crippen molar-refractivity contribution in [3.05, 3.63) is 222 Å². The van der Waals surface area contributed by atoms with Crippen molar-refractivity contribution in [3.63, 3.8) is 0 Å². The summed E-state index contributed by atoms with van der Waals surface area (Å²) in [6.45, 7) is 4.06. The normalized spacial score (nSPS) is 11.1. The zero-order valence-electron chi connectivity index (χ0n) is 27.9. The summed E-state index contributed by atoms with van der Waals surface area (Å²) in [6, 6.07) is 65.8. The minimum absolute atomic E-state index is 1.10. The molecule has 0 atom stereocenters. The molecule has 0 heterocycles. The van der Waals surface area contributed by atoms with Crippen LogP contribution in [0.3, 0.4) is 0 Å². The number of benzene rings is 7. The van der Waals surface area contributed by atoms with Gasteiger partial charge in [0.2, 0.25) is 0 Å². The summed E-state index contributed by atoms with van der Waals surface area (Å²) in [4.78, 5) is 4.55. The van der Waals surface area contributed by atoms with E-state index in [2.05, 4.69) is 204 Å². The van der Waals surface area contributed by atoms with Crippen LogP contribution in [0.15, 0.2) is 195 Å². The Kier molecular flexibility index (Phi) is 9.90. The fraction of sp³-hybridized carbons (Fsp3) is 0. The second-order valence-corrected chi connectivity index (χ2v) is 12.0. The van der Waals surface area contributed by atoms with Gasteiger partial charge in [0.15, 0.2) is 0 Å². The highest BCUT2D eigenvalue weighted by atomic mass is 15.1. The Bertz CT molecular complexity index is 2110. The van der Waals surface area contributed by atoms with Gasteiger partial charge in [0.05, 0.1) is 0 Å². The van der Waals surface area contributed by atoms with Crippen LogP contribution in [0, 0.1) is 0 Å². The van der Waals surface area contributed by atoms with Crippen LogP contribution in [-0.4, -0.2) is 0 Å². The van der Waals surface area contributed by atoms with E-state index in [1.54, 1.807) is 0 Å². The average molecular weight is 643 g/mol. The first-order valence-corrected chi connectivity index (χ1v) is 16.9. The second kappa shape index (κ2) is 15.5. The van der Waals surface area contributed by atoms with Crippen LogP contribution in [0.2, 0.25) is 0 Å². The van der Waals surface area contributed by atoms with Gasteiger partial charge in [0.1, 0.15) is 0 Å². The molecule has 0 aliphatic rings. The number of hydrogen-bond acceptors (Lipinski definition) is 2. The molecule has 0 fully saturated rings. The van der Waals surface area contributed by atoms with Crippen LogP contribution in [0.4, 0.5) is 34.1 Å². The maximum atomic E-state index is 4.06. The fourth-order valence-electron chi connectivity index (χ4n) is 6.08. The maximum absolute atomic E-state index is 4.06. The molecule has 2 nitrogen and oxygen atoms in total. The van der Waals surface area contributed by atoms with Gasteiger partial charge < -0.3 is 9.80 Å². The van der Waals surface area contributed by atoms with Crippen molar-refractivity contribution in [2.24, 2.45) is 0 Å². The Morgan fingerprint density at radius 2 is 0.620 bits per heavy atom. The number of nitrogens with zero attached hydrogens (tertiary/aromatic N) is 2. The summed E-state index contributed by atoms with van der Waals surface area (Å²) in [5.41, 5.74) is 12.3. The number of hydrogen-bond donors (Lipinski definition) is 0. The zero-order valence-corrected chi connectivity index (χ0v) is 27.9. The number of anilines is 6. The first kappa shape index (κ1) is 31.9. The van der Waals surface area contributed by atoms with Crippen molar-refractivity contribution in [3.8, 4) is 0 Å². The van der Waals surface area contributed by atoms with Crippen LogP contribution >= 0.6 is 0 Å². The van der Waals surface area contributed by atoms with Gasteiger partial charge in [-0.05, 0) is 107 Å². The van der Waals surface area contributed by atoms with Gasteiger partial charge in [0, 0.05) is 34.1 Å². The van der Waals surface area contributed by atoms with E-state index in [0.717, 1.165) is 61.9 Å². The van der Waals surface area contributed by atoms with Crippen LogP contribution in [0.1, 0.15) is 27.8 Å². The van der Waals surface area contributed by atoms with Gasteiger partial charge in [-0.2, -0.15) is 0 Å². The lowest BCUT2D eigenvalue weighted by atomic mass is 10.0. The predicted molar refractivity (Wildman–Crippen MR) is 217 cm³/mol. The Morgan fingerprint density at radius 3 is 1.00 bits per heavy atom. The lowest BCUT2D eigenvalue weighted by Gasteiger charge is -2.25. The van der Waals surface area contributed by atoms with E-state index < -0.39 is 0 Å². The highest BCUT2D eigenvalue weighted by Gasteiger charge is 2.12. The van der Waals surface area contributed by atoms with E-state index in [9.17, 15) is 0 Å². The lowest BCUT2D eigenvalue weighted by Crippen LogP contribution is -2.09. The molecule has 240 valence electrons. The van der Waals surface area contributed by atoms with Crippen LogP contribution in [-0.2, 0) is 0 Å². The van der Waals surface area contributed by atoms with Crippen LogP contribution < -0.4 is 9.80 Å². The van der Waals surface area contributed by atoms with E-state index in [-0.39, 0.29) is 0 Å². The third kappa shape index (κ3) is 7.57. The molecule has 0 saturated carbocycles. The molecule has 7 aromatic rings. The summed E-state index contributed by atoms with van der Waals surface area (Å²) < 4.78 is 0. The topological polar surface area (TPSA) is 6.48 Å². The summed E-state index contributed by atoms with van der Waals surface area (Å²) >= 11 is 0. The van der Waals surface area contributed by atoms with Gasteiger partial charge in [0.25, 0.3) is 0 Å². The molecule has 0 spiro atoms. The first-order valence-electron chi connectivity index (χ1n) is 16.9. The molecule has 7 aromatic carbocycles. The molecule has 0 aromatic heterocycles. The molecule has 0 aliphatic carbocycles. The summed E-state index contributed by atoms with van der Waals surface area (Å²) in [7, 11) is 0. The van der Waals surface area contributed by atoms with Crippen LogP contribution in [0.25, 0.3) is 30.4 Å². The molecule has 0 N–H and O–H groups in total. The SMILES string of the molecule is C=Cc1ccc(/C=C/c2ccc(N(c3ccccc3)c3ccccc3)cc2)cc1/C=C/c1ccc(N(c2ccccc2)c2ccccc2)cc1. The minimum atomic E-state index is 1.10. The average Bonchev–Trinajstić information content (AvgIpc) is 3.19. The first-order chi connectivity index (χ1) is 24.7. The van der Waals surface area contributed by atoms with Crippen molar-refractivity contribution in [1.29, 1.82) is 0 Å². The molecule has 0 amide bonds. The smallest absolute Gasteiger partial charge is 0.0462 e. The highest BCUT2D eigenvalue weighted by Crippen LogP contribution is 2.35. The largest absolute Gasteiger partial charge is 0.311 e. The summed E-state index contributed by atoms with van der Waals surface area (Å²) in [5, 5.41) is 0. The Morgan fingerprint density at radius 1 is 0.300 bits per heavy atom. The van der Waals surface area contributed by atoms with E-state index in [1.165, 1.54) is 0 Å². The number of rotatable bonds is 11. The maximum Gasteiger partial charge on any atom is 0.0462 e. The Balaban J connectivity index is 1.09. The van der Waals surface area contributed by atoms with Crippen molar-refractivity contribution < 1.29 is 0 Å². The molecule has 0 radical (unpaired) electrons. The Labute approximate surface area is 295 Å². The third-order valence-electron chi connectivity index (χ3n) is 8.61. The van der Waals surface area contributed by atoms with Crippen molar-refractivity contribution in [2.45, 2.75) is 0 Å². The van der Waals surface area contributed by atoms with E-state index >= 15 is 0 Å². The quantitative estimate of drug-likeness (QED) is 0.130. The molecule has 0 saturated heterocycles. The van der Waals surface area contributed by atoms with Gasteiger partial charge >= 0.3 is 0 Å². The van der Waals surface area contributed by atoms with Crippen molar-refractivity contribution in [2.75, 3.05) is 9.80 Å². The molecular formula is C48H38N2. The van der Waals surface area contributed by atoms with Gasteiger partial charge in [-0.15, -0.1) is 0 Å². The van der Waals surface area contributed by atoms with E-state index in [1.807, 2.05) is 30.3 Å².